The molecule has 0 fully saturated rings. The molecule has 0 radical (unpaired) electrons. The van der Waals surface area contributed by atoms with E-state index in [4.69, 9.17) is 0 Å². The van der Waals surface area contributed by atoms with Crippen LogP contribution in [0.3, 0.4) is 0 Å². The van der Waals surface area contributed by atoms with E-state index in [1.54, 1.807) is 24.4 Å². The van der Waals surface area contributed by atoms with Crippen molar-refractivity contribution in [1.82, 2.24) is 9.97 Å². The van der Waals surface area contributed by atoms with Gasteiger partial charge < -0.3 is 10.6 Å². The van der Waals surface area contributed by atoms with Gasteiger partial charge in [0.05, 0.1) is 0 Å². The number of nitrogens with zero attached hydrogens (tertiary/aromatic N) is 2. The molecule has 0 saturated heterocycles. The van der Waals surface area contributed by atoms with Crippen molar-refractivity contribution < 1.29 is 4.39 Å². The van der Waals surface area contributed by atoms with Gasteiger partial charge in [-0.2, -0.15) is 4.98 Å². The normalized spacial score (nSPS) is 10.3. The highest BCUT2D eigenvalue weighted by Gasteiger charge is 2.01. The Kier molecular flexibility index (Phi) is 4.47. The van der Waals surface area contributed by atoms with Crippen LogP contribution in [-0.2, 0) is 6.54 Å². The minimum atomic E-state index is -0.302. The lowest BCUT2D eigenvalue weighted by Crippen LogP contribution is -2.04. The van der Waals surface area contributed by atoms with Gasteiger partial charge in [-0.05, 0) is 36.8 Å². The summed E-state index contributed by atoms with van der Waals surface area (Å²) in [6, 6.07) is 16.3. The van der Waals surface area contributed by atoms with Gasteiger partial charge in [0, 0.05) is 18.4 Å². The number of halogens is 1. The molecule has 2 N–H and O–H groups in total. The molecule has 0 spiro atoms. The van der Waals surface area contributed by atoms with Gasteiger partial charge in [-0.1, -0.05) is 35.9 Å². The molecule has 23 heavy (non-hydrogen) atoms. The zero-order chi connectivity index (χ0) is 16.1. The number of benzene rings is 2. The van der Waals surface area contributed by atoms with E-state index in [1.165, 1.54) is 23.3 Å². The van der Waals surface area contributed by atoms with Gasteiger partial charge in [0.1, 0.15) is 11.6 Å². The predicted molar refractivity (Wildman–Crippen MR) is 90.2 cm³/mol. The van der Waals surface area contributed by atoms with Crippen LogP contribution >= 0.6 is 0 Å². The van der Waals surface area contributed by atoms with Crippen molar-refractivity contribution in [3.05, 3.63) is 77.7 Å². The third-order valence-corrected chi connectivity index (χ3v) is 3.29. The van der Waals surface area contributed by atoms with Crippen LogP contribution in [0.1, 0.15) is 11.1 Å². The standard InChI is InChI=1S/C18H17FN4/c1-13-4-2-5-14(10-13)12-21-17-8-9-20-18(23-17)22-16-7-3-6-15(19)11-16/h2-11H,12H2,1H3,(H2,20,21,22,23). The molecule has 1 aromatic heterocycles. The Morgan fingerprint density at radius 2 is 1.91 bits per heavy atom. The lowest BCUT2D eigenvalue weighted by molar-refractivity contribution is 0.628. The Balaban J connectivity index is 1.67. The van der Waals surface area contributed by atoms with Gasteiger partial charge >= 0.3 is 0 Å². The van der Waals surface area contributed by atoms with Crippen LogP contribution in [-0.4, -0.2) is 9.97 Å². The molecule has 3 aromatic rings. The summed E-state index contributed by atoms with van der Waals surface area (Å²) in [5, 5.41) is 6.25. The highest BCUT2D eigenvalue weighted by atomic mass is 19.1. The van der Waals surface area contributed by atoms with Crippen LogP contribution in [0.25, 0.3) is 0 Å². The van der Waals surface area contributed by atoms with Gasteiger partial charge in [-0.25, -0.2) is 9.37 Å². The monoisotopic (exact) mass is 308 g/mol. The van der Waals surface area contributed by atoms with E-state index in [2.05, 4.69) is 45.7 Å². The highest BCUT2D eigenvalue weighted by Crippen LogP contribution is 2.15. The van der Waals surface area contributed by atoms with Gasteiger partial charge in [0.25, 0.3) is 0 Å². The summed E-state index contributed by atoms with van der Waals surface area (Å²) in [5.74, 6) is 0.828. The van der Waals surface area contributed by atoms with Crippen LogP contribution in [0.15, 0.2) is 60.8 Å². The Labute approximate surface area is 134 Å². The first-order chi connectivity index (χ1) is 11.2. The van der Waals surface area contributed by atoms with Crippen molar-refractivity contribution in [2.24, 2.45) is 0 Å². The molecule has 1 heterocycles. The molecule has 0 aliphatic heterocycles. The number of hydrogen-bond acceptors (Lipinski definition) is 4. The summed E-state index contributed by atoms with van der Waals surface area (Å²) in [4.78, 5) is 8.53. The molecule has 0 saturated carbocycles. The summed E-state index contributed by atoms with van der Waals surface area (Å²) < 4.78 is 13.2. The van der Waals surface area contributed by atoms with E-state index in [0.717, 1.165) is 0 Å². The number of hydrogen-bond donors (Lipinski definition) is 2. The van der Waals surface area contributed by atoms with E-state index >= 15 is 0 Å². The zero-order valence-corrected chi connectivity index (χ0v) is 12.8. The largest absolute Gasteiger partial charge is 0.366 e. The predicted octanol–water partition coefficient (Wildman–Crippen LogP) is 4.28. The third kappa shape index (κ3) is 4.26. The SMILES string of the molecule is Cc1cccc(CNc2ccnc(Nc3cccc(F)c3)n2)c1. The fraction of sp³-hybridized carbons (Fsp3) is 0.111. The van der Waals surface area contributed by atoms with Crippen LogP contribution < -0.4 is 10.6 Å². The number of rotatable bonds is 5. The van der Waals surface area contributed by atoms with Crippen molar-refractivity contribution >= 4 is 17.5 Å². The first kappa shape index (κ1) is 15.0. The van der Waals surface area contributed by atoms with E-state index in [1.807, 2.05) is 6.07 Å². The van der Waals surface area contributed by atoms with Crippen molar-refractivity contribution in [2.75, 3.05) is 10.6 Å². The lowest BCUT2D eigenvalue weighted by atomic mass is 10.1. The van der Waals surface area contributed by atoms with E-state index in [-0.39, 0.29) is 5.82 Å². The summed E-state index contributed by atoms with van der Waals surface area (Å²) >= 11 is 0. The summed E-state index contributed by atoms with van der Waals surface area (Å²) in [7, 11) is 0. The van der Waals surface area contributed by atoms with Crippen molar-refractivity contribution in [3.63, 3.8) is 0 Å². The van der Waals surface area contributed by atoms with E-state index in [9.17, 15) is 4.39 Å². The number of anilines is 3. The molecule has 5 heteroatoms. The Morgan fingerprint density at radius 1 is 1.04 bits per heavy atom. The maximum atomic E-state index is 13.2. The summed E-state index contributed by atoms with van der Waals surface area (Å²) in [6.45, 7) is 2.74. The smallest absolute Gasteiger partial charge is 0.229 e. The van der Waals surface area contributed by atoms with Crippen molar-refractivity contribution in [3.8, 4) is 0 Å². The second kappa shape index (κ2) is 6.87. The van der Waals surface area contributed by atoms with Crippen molar-refractivity contribution in [1.29, 1.82) is 0 Å². The van der Waals surface area contributed by atoms with E-state index < -0.39 is 0 Å². The Morgan fingerprint density at radius 3 is 2.74 bits per heavy atom. The first-order valence-electron chi connectivity index (χ1n) is 7.34. The molecule has 0 atom stereocenters. The highest BCUT2D eigenvalue weighted by molar-refractivity contribution is 5.54. The average molecular weight is 308 g/mol. The van der Waals surface area contributed by atoms with Crippen LogP contribution in [0.2, 0.25) is 0 Å². The summed E-state index contributed by atoms with van der Waals surface area (Å²) in [5.41, 5.74) is 3.02. The molecule has 0 aliphatic rings. The zero-order valence-electron chi connectivity index (χ0n) is 12.8. The molecular formula is C18H17FN4. The minimum Gasteiger partial charge on any atom is -0.366 e. The van der Waals surface area contributed by atoms with Crippen LogP contribution in [0.5, 0.6) is 0 Å². The van der Waals surface area contributed by atoms with Gasteiger partial charge in [-0.15, -0.1) is 0 Å². The fourth-order valence-electron chi connectivity index (χ4n) is 2.23. The Hall–Kier alpha value is -2.95. The van der Waals surface area contributed by atoms with Gasteiger partial charge in [0.15, 0.2) is 0 Å². The molecule has 116 valence electrons. The van der Waals surface area contributed by atoms with E-state index in [0.29, 0.717) is 24.0 Å². The summed E-state index contributed by atoms with van der Waals surface area (Å²) in [6.07, 6.45) is 1.66. The van der Waals surface area contributed by atoms with Crippen LogP contribution in [0.4, 0.5) is 21.8 Å². The quantitative estimate of drug-likeness (QED) is 0.738. The van der Waals surface area contributed by atoms with Gasteiger partial charge in [-0.3, -0.25) is 0 Å². The number of aromatic nitrogens is 2. The molecule has 2 aromatic carbocycles. The molecule has 0 amide bonds. The van der Waals surface area contributed by atoms with Gasteiger partial charge in [0.2, 0.25) is 5.95 Å². The maximum absolute atomic E-state index is 13.2. The topological polar surface area (TPSA) is 49.8 Å². The molecule has 3 rings (SSSR count). The minimum absolute atomic E-state index is 0.302. The molecular weight excluding hydrogens is 291 g/mol. The molecule has 0 aliphatic carbocycles. The Bertz CT molecular complexity index is 804. The number of nitrogens with one attached hydrogen (secondary N) is 2. The third-order valence-electron chi connectivity index (χ3n) is 3.29. The average Bonchev–Trinajstić information content (AvgIpc) is 2.53. The second-order valence-corrected chi connectivity index (χ2v) is 5.24. The van der Waals surface area contributed by atoms with Crippen LogP contribution in [0, 0.1) is 12.7 Å². The molecule has 0 bridgehead atoms. The van der Waals surface area contributed by atoms with Crippen molar-refractivity contribution in [2.45, 2.75) is 13.5 Å². The fourth-order valence-corrected chi connectivity index (χ4v) is 2.23. The molecule has 4 nitrogen and oxygen atoms in total. The first-order valence-corrected chi connectivity index (χ1v) is 7.34. The molecule has 0 unspecified atom stereocenters. The number of aryl methyl sites for hydroxylation is 1. The second-order valence-electron chi connectivity index (χ2n) is 5.24. The maximum Gasteiger partial charge on any atom is 0.229 e. The lowest BCUT2D eigenvalue weighted by Gasteiger charge is -2.09.